The highest BCUT2D eigenvalue weighted by atomic mass is 79.9. The summed E-state index contributed by atoms with van der Waals surface area (Å²) in [7, 11) is 0. The third-order valence-corrected chi connectivity index (χ3v) is 2.61. The van der Waals surface area contributed by atoms with Crippen LogP contribution >= 0.6 is 15.9 Å². The molecule has 5 nitrogen and oxygen atoms in total. The van der Waals surface area contributed by atoms with Gasteiger partial charge in [-0.2, -0.15) is 0 Å². The van der Waals surface area contributed by atoms with Gasteiger partial charge in [-0.15, -0.1) is 0 Å². The molecule has 0 amide bonds. The number of hydrogen-bond acceptors (Lipinski definition) is 4. The molecule has 0 saturated carbocycles. The fourth-order valence-corrected chi connectivity index (χ4v) is 1.69. The van der Waals surface area contributed by atoms with Crippen LogP contribution in [0.4, 0.5) is 10.1 Å². The number of benzene rings is 1. The maximum absolute atomic E-state index is 13.5. The highest BCUT2D eigenvalue weighted by Crippen LogP contribution is 2.25. The molecule has 0 atom stereocenters. The second kappa shape index (κ2) is 5.72. The first-order valence-corrected chi connectivity index (χ1v) is 5.83. The Bertz CT molecular complexity index is 464. The summed E-state index contributed by atoms with van der Waals surface area (Å²) in [5.41, 5.74) is -0.574. The van der Waals surface area contributed by atoms with Gasteiger partial charge < -0.3 is 4.74 Å². The van der Waals surface area contributed by atoms with Gasteiger partial charge in [0.1, 0.15) is 11.4 Å². The molecule has 1 rings (SSSR count). The number of alkyl halides is 1. The summed E-state index contributed by atoms with van der Waals surface area (Å²) in [4.78, 5) is 21.4. The first-order chi connectivity index (χ1) is 8.01. The normalized spacial score (nSPS) is 10.1. The van der Waals surface area contributed by atoms with Gasteiger partial charge in [0.15, 0.2) is 0 Å². The third kappa shape index (κ3) is 3.00. The van der Waals surface area contributed by atoms with E-state index in [4.69, 9.17) is 0 Å². The van der Waals surface area contributed by atoms with E-state index >= 15 is 0 Å². The van der Waals surface area contributed by atoms with Crippen LogP contribution < -0.4 is 0 Å². The molecular weight excluding hydrogens is 297 g/mol. The third-order valence-electron chi connectivity index (χ3n) is 2.00. The lowest BCUT2D eigenvalue weighted by Crippen LogP contribution is -2.09. The molecule has 0 spiro atoms. The van der Waals surface area contributed by atoms with Gasteiger partial charge in [-0.25, -0.2) is 9.18 Å². The van der Waals surface area contributed by atoms with Crippen molar-refractivity contribution >= 4 is 27.6 Å². The zero-order valence-corrected chi connectivity index (χ0v) is 10.5. The Morgan fingerprint density at radius 1 is 1.59 bits per heavy atom. The van der Waals surface area contributed by atoms with Crippen LogP contribution in [0.2, 0.25) is 0 Å². The molecular formula is C10H9BrFNO4. The summed E-state index contributed by atoms with van der Waals surface area (Å²) in [6, 6.07) is 1.85. The van der Waals surface area contributed by atoms with Crippen LogP contribution in [0.25, 0.3) is 0 Å². The number of hydrogen-bond donors (Lipinski definition) is 0. The molecule has 1 aromatic carbocycles. The molecule has 92 valence electrons. The molecule has 0 heterocycles. The van der Waals surface area contributed by atoms with Crippen molar-refractivity contribution in [1.29, 1.82) is 0 Å². The Labute approximate surface area is 105 Å². The van der Waals surface area contributed by atoms with Crippen LogP contribution in [0.1, 0.15) is 22.8 Å². The van der Waals surface area contributed by atoms with Crippen molar-refractivity contribution in [2.24, 2.45) is 0 Å². The molecule has 7 heteroatoms. The van der Waals surface area contributed by atoms with E-state index in [1.165, 1.54) is 0 Å². The van der Waals surface area contributed by atoms with Crippen molar-refractivity contribution in [1.82, 2.24) is 0 Å². The Morgan fingerprint density at radius 2 is 2.24 bits per heavy atom. The number of nitrogens with zero attached hydrogens (tertiary/aromatic N) is 1. The van der Waals surface area contributed by atoms with Crippen molar-refractivity contribution in [2.45, 2.75) is 12.3 Å². The topological polar surface area (TPSA) is 69.4 Å². The lowest BCUT2D eigenvalue weighted by Gasteiger charge is -2.05. The maximum atomic E-state index is 13.5. The number of rotatable bonds is 4. The van der Waals surface area contributed by atoms with Gasteiger partial charge in [0.2, 0.25) is 0 Å². The summed E-state index contributed by atoms with van der Waals surface area (Å²) in [6.07, 6.45) is 0. The first-order valence-electron chi connectivity index (χ1n) is 4.71. The van der Waals surface area contributed by atoms with E-state index in [0.717, 1.165) is 12.1 Å². The zero-order chi connectivity index (χ0) is 13.0. The van der Waals surface area contributed by atoms with E-state index in [9.17, 15) is 19.3 Å². The number of ether oxygens (including phenoxy) is 1. The molecule has 1 aromatic rings. The predicted molar refractivity (Wildman–Crippen MR) is 61.6 cm³/mol. The van der Waals surface area contributed by atoms with Crippen molar-refractivity contribution in [3.8, 4) is 0 Å². The molecule has 0 aliphatic rings. The minimum Gasteiger partial charge on any atom is -0.462 e. The molecule has 0 aromatic heterocycles. The minimum absolute atomic E-state index is 0.0757. The SMILES string of the molecule is CCOC(=O)c1cc([N+](=O)[O-])c(CBr)cc1F. The molecule has 0 unspecified atom stereocenters. The van der Waals surface area contributed by atoms with Crippen LogP contribution in [0, 0.1) is 15.9 Å². The Balaban J connectivity index is 3.29. The standard InChI is InChI=1S/C10H9BrFNO4/c1-2-17-10(14)7-4-9(13(15)16)6(5-11)3-8(7)12/h3-4H,2,5H2,1H3. The van der Waals surface area contributed by atoms with E-state index in [-0.39, 0.29) is 23.2 Å². The second-order valence-electron chi connectivity index (χ2n) is 3.07. The Hall–Kier alpha value is -1.50. The van der Waals surface area contributed by atoms with Crippen molar-refractivity contribution in [3.63, 3.8) is 0 Å². The van der Waals surface area contributed by atoms with Gasteiger partial charge in [0.05, 0.1) is 11.5 Å². The van der Waals surface area contributed by atoms with E-state index in [0.29, 0.717) is 0 Å². The minimum atomic E-state index is -0.908. The van der Waals surface area contributed by atoms with Crippen molar-refractivity contribution in [2.75, 3.05) is 6.61 Å². The molecule has 0 fully saturated rings. The van der Waals surface area contributed by atoms with Crippen LogP contribution in [0.15, 0.2) is 12.1 Å². The van der Waals surface area contributed by atoms with E-state index in [1.54, 1.807) is 6.92 Å². The summed E-state index contributed by atoms with van der Waals surface area (Å²) in [5.74, 6) is -1.74. The summed E-state index contributed by atoms with van der Waals surface area (Å²) in [5, 5.41) is 10.9. The molecule has 0 radical (unpaired) electrons. The van der Waals surface area contributed by atoms with Crippen LogP contribution in [0.5, 0.6) is 0 Å². The molecule has 17 heavy (non-hydrogen) atoms. The van der Waals surface area contributed by atoms with Crippen molar-refractivity contribution < 1.29 is 18.8 Å². The van der Waals surface area contributed by atoms with Gasteiger partial charge in [-0.05, 0) is 13.0 Å². The number of halogens is 2. The number of carbonyl (C=O) groups is 1. The number of nitro benzene ring substituents is 1. The highest BCUT2D eigenvalue weighted by Gasteiger charge is 2.22. The number of carbonyl (C=O) groups excluding carboxylic acids is 1. The lowest BCUT2D eigenvalue weighted by molar-refractivity contribution is -0.385. The van der Waals surface area contributed by atoms with Gasteiger partial charge in [-0.3, -0.25) is 10.1 Å². The average molecular weight is 306 g/mol. The molecule has 0 N–H and O–H groups in total. The zero-order valence-electron chi connectivity index (χ0n) is 8.91. The van der Waals surface area contributed by atoms with Crippen LogP contribution in [-0.2, 0) is 10.1 Å². The molecule has 0 aliphatic heterocycles. The highest BCUT2D eigenvalue weighted by molar-refractivity contribution is 9.08. The summed E-state index contributed by atoms with van der Waals surface area (Å²) < 4.78 is 18.1. The average Bonchev–Trinajstić information content (AvgIpc) is 2.28. The van der Waals surface area contributed by atoms with Gasteiger partial charge >= 0.3 is 5.97 Å². The summed E-state index contributed by atoms with van der Waals surface area (Å²) in [6.45, 7) is 1.64. The van der Waals surface area contributed by atoms with E-state index in [2.05, 4.69) is 20.7 Å². The summed E-state index contributed by atoms with van der Waals surface area (Å²) >= 11 is 3.02. The van der Waals surface area contributed by atoms with E-state index in [1.807, 2.05) is 0 Å². The molecule has 0 aliphatic carbocycles. The second-order valence-corrected chi connectivity index (χ2v) is 3.63. The fraction of sp³-hybridized carbons (Fsp3) is 0.300. The largest absolute Gasteiger partial charge is 0.462 e. The fourth-order valence-electron chi connectivity index (χ4n) is 1.25. The van der Waals surface area contributed by atoms with Crippen molar-refractivity contribution in [3.05, 3.63) is 39.2 Å². The quantitative estimate of drug-likeness (QED) is 0.371. The van der Waals surface area contributed by atoms with Gasteiger partial charge in [-0.1, -0.05) is 15.9 Å². The van der Waals surface area contributed by atoms with E-state index < -0.39 is 22.3 Å². The monoisotopic (exact) mass is 305 g/mol. The molecule has 0 saturated heterocycles. The Morgan fingerprint density at radius 3 is 2.71 bits per heavy atom. The van der Waals surface area contributed by atoms with Gasteiger partial charge in [0.25, 0.3) is 5.69 Å². The Kier molecular flexibility index (Phi) is 4.56. The predicted octanol–water partition coefficient (Wildman–Crippen LogP) is 2.81. The molecule has 0 bridgehead atoms. The lowest BCUT2D eigenvalue weighted by atomic mass is 10.1. The van der Waals surface area contributed by atoms with Gasteiger partial charge in [0, 0.05) is 17.0 Å². The van der Waals surface area contributed by atoms with Crippen LogP contribution in [-0.4, -0.2) is 17.5 Å². The number of nitro groups is 1. The smallest absolute Gasteiger partial charge is 0.341 e. The number of esters is 1. The first kappa shape index (κ1) is 13.6. The maximum Gasteiger partial charge on any atom is 0.341 e. The van der Waals surface area contributed by atoms with Crippen LogP contribution in [0.3, 0.4) is 0 Å².